The predicted molar refractivity (Wildman–Crippen MR) is 105 cm³/mol. The van der Waals surface area contributed by atoms with E-state index in [1.807, 2.05) is 37.3 Å². The first kappa shape index (κ1) is 19.7. The van der Waals surface area contributed by atoms with E-state index in [-0.39, 0.29) is 18.3 Å². The highest BCUT2D eigenvalue weighted by Crippen LogP contribution is 2.40. The molecule has 0 saturated heterocycles. The Morgan fingerprint density at radius 3 is 2.43 bits per heavy atom. The number of methoxy groups -OCH3 is 3. The van der Waals surface area contributed by atoms with Gasteiger partial charge in [-0.25, -0.2) is 0 Å². The molecule has 0 unspecified atom stereocenters. The fourth-order valence-electron chi connectivity index (χ4n) is 3.68. The molecule has 2 aromatic carbocycles. The van der Waals surface area contributed by atoms with Gasteiger partial charge in [-0.15, -0.1) is 0 Å². The van der Waals surface area contributed by atoms with Gasteiger partial charge in [-0.05, 0) is 48.7 Å². The van der Waals surface area contributed by atoms with Crippen molar-refractivity contribution in [3.05, 3.63) is 58.7 Å². The highest BCUT2D eigenvalue weighted by molar-refractivity contribution is 5.95. The van der Waals surface area contributed by atoms with Gasteiger partial charge in [0.25, 0.3) is 5.91 Å². The van der Waals surface area contributed by atoms with Crippen LogP contribution in [0.1, 0.15) is 39.5 Å². The Labute approximate surface area is 165 Å². The first-order chi connectivity index (χ1) is 13.5. The van der Waals surface area contributed by atoms with Crippen molar-refractivity contribution < 1.29 is 23.8 Å². The summed E-state index contributed by atoms with van der Waals surface area (Å²) in [6.07, 6.45) is 0.751. The Bertz CT molecular complexity index is 892. The van der Waals surface area contributed by atoms with Crippen molar-refractivity contribution in [3.8, 4) is 11.5 Å². The smallest absolute Gasteiger partial charge is 0.307 e. The van der Waals surface area contributed by atoms with Crippen LogP contribution in [0.5, 0.6) is 11.5 Å². The van der Waals surface area contributed by atoms with Crippen LogP contribution in [-0.2, 0) is 16.0 Å². The zero-order valence-electron chi connectivity index (χ0n) is 16.7. The molecular weight excluding hydrogens is 358 g/mol. The summed E-state index contributed by atoms with van der Waals surface area (Å²) >= 11 is 0. The second kappa shape index (κ2) is 8.33. The molecule has 0 fully saturated rings. The second-order valence-electron chi connectivity index (χ2n) is 6.82. The third-order valence-electron chi connectivity index (χ3n) is 5.12. The van der Waals surface area contributed by atoms with Gasteiger partial charge in [-0.3, -0.25) is 9.59 Å². The van der Waals surface area contributed by atoms with E-state index in [4.69, 9.17) is 14.2 Å². The Balaban J connectivity index is 2.04. The largest absolute Gasteiger partial charge is 0.493 e. The molecule has 3 rings (SSSR count). The van der Waals surface area contributed by atoms with Crippen molar-refractivity contribution in [2.75, 3.05) is 27.9 Å². The van der Waals surface area contributed by atoms with Gasteiger partial charge in [0.15, 0.2) is 11.5 Å². The molecule has 0 bridgehead atoms. The van der Waals surface area contributed by atoms with Crippen molar-refractivity contribution in [1.82, 2.24) is 4.90 Å². The molecule has 0 saturated carbocycles. The normalized spacial score (nSPS) is 15.6. The van der Waals surface area contributed by atoms with E-state index in [0.29, 0.717) is 30.0 Å². The van der Waals surface area contributed by atoms with E-state index in [9.17, 15) is 9.59 Å². The number of carbonyl (C=O) groups is 2. The second-order valence-corrected chi connectivity index (χ2v) is 6.82. The van der Waals surface area contributed by atoms with Crippen LogP contribution in [0.3, 0.4) is 0 Å². The highest BCUT2D eigenvalue weighted by Gasteiger charge is 2.34. The van der Waals surface area contributed by atoms with Gasteiger partial charge in [0, 0.05) is 12.1 Å². The molecule has 1 amide bonds. The fourth-order valence-corrected chi connectivity index (χ4v) is 3.68. The summed E-state index contributed by atoms with van der Waals surface area (Å²) in [5.74, 6) is 0.741. The molecule has 0 aromatic heterocycles. The molecule has 0 aliphatic carbocycles. The maximum Gasteiger partial charge on any atom is 0.307 e. The summed E-state index contributed by atoms with van der Waals surface area (Å²) in [5.41, 5.74) is 3.55. The van der Waals surface area contributed by atoms with Crippen LogP contribution < -0.4 is 9.47 Å². The number of carbonyl (C=O) groups excluding carboxylic acids is 2. The first-order valence-corrected chi connectivity index (χ1v) is 9.17. The number of aryl methyl sites for hydroxylation is 1. The van der Waals surface area contributed by atoms with Gasteiger partial charge in [-0.1, -0.05) is 17.7 Å². The Kier molecular flexibility index (Phi) is 5.87. The van der Waals surface area contributed by atoms with E-state index < -0.39 is 6.04 Å². The third-order valence-corrected chi connectivity index (χ3v) is 5.12. The zero-order valence-corrected chi connectivity index (χ0v) is 16.7. The Morgan fingerprint density at radius 1 is 1.07 bits per heavy atom. The Hall–Kier alpha value is -3.02. The minimum absolute atomic E-state index is 0.0799. The molecule has 1 aliphatic rings. The lowest BCUT2D eigenvalue weighted by atomic mass is 9.89. The van der Waals surface area contributed by atoms with Crippen LogP contribution in [0.25, 0.3) is 0 Å². The van der Waals surface area contributed by atoms with E-state index in [1.54, 1.807) is 25.2 Å². The highest BCUT2D eigenvalue weighted by atomic mass is 16.5. The van der Waals surface area contributed by atoms with Gasteiger partial charge < -0.3 is 19.1 Å². The topological polar surface area (TPSA) is 65.1 Å². The molecule has 0 radical (unpaired) electrons. The summed E-state index contributed by atoms with van der Waals surface area (Å²) in [4.78, 5) is 27.1. The maximum absolute atomic E-state index is 13.2. The third kappa shape index (κ3) is 3.81. The summed E-state index contributed by atoms with van der Waals surface area (Å²) in [7, 11) is 4.51. The monoisotopic (exact) mass is 383 g/mol. The molecule has 28 heavy (non-hydrogen) atoms. The lowest BCUT2D eigenvalue weighted by Gasteiger charge is -2.37. The fraction of sp³-hybridized carbons (Fsp3) is 0.364. The van der Waals surface area contributed by atoms with Gasteiger partial charge in [0.1, 0.15) is 0 Å². The van der Waals surface area contributed by atoms with Crippen LogP contribution in [0.15, 0.2) is 36.4 Å². The van der Waals surface area contributed by atoms with E-state index in [2.05, 4.69) is 0 Å². The van der Waals surface area contributed by atoms with Crippen LogP contribution >= 0.6 is 0 Å². The molecule has 2 aromatic rings. The average molecular weight is 383 g/mol. The summed E-state index contributed by atoms with van der Waals surface area (Å²) in [5, 5.41) is 0. The quantitative estimate of drug-likeness (QED) is 0.741. The number of ether oxygens (including phenoxy) is 3. The van der Waals surface area contributed by atoms with Gasteiger partial charge >= 0.3 is 5.97 Å². The summed E-state index contributed by atoms with van der Waals surface area (Å²) in [6.45, 7) is 2.46. The van der Waals surface area contributed by atoms with E-state index >= 15 is 0 Å². The van der Waals surface area contributed by atoms with Crippen LogP contribution in [0.2, 0.25) is 0 Å². The molecule has 6 nitrogen and oxygen atoms in total. The Morgan fingerprint density at radius 2 is 1.79 bits per heavy atom. The van der Waals surface area contributed by atoms with Crippen LogP contribution in [0.4, 0.5) is 0 Å². The van der Waals surface area contributed by atoms with Crippen LogP contribution in [0, 0.1) is 6.92 Å². The summed E-state index contributed by atoms with van der Waals surface area (Å²) in [6, 6.07) is 10.8. The SMILES string of the molecule is COC(=O)C[C@H]1c2cc(OC)c(OC)cc2CCN1C(=O)c1cccc(C)c1. The van der Waals surface area contributed by atoms with E-state index in [0.717, 1.165) is 16.7 Å². The van der Waals surface area contributed by atoms with Crippen molar-refractivity contribution in [3.63, 3.8) is 0 Å². The number of hydrogen-bond donors (Lipinski definition) is 0. The molecular formula is C22H25NO5. The molecule has 0 spiro atoms. The average Bonchev–Trinajstić information content (AvgIpc) is 2.72. The molecule has 148 valence electrons. The van der Waals surface area contributed by atoms with Gasteiger partial charge in [0.05, 0.1) is 33.8 Å². The van der Waals surface area contributed by atoms with Gasteiger partial charge in [0.2, 0.25) is 0 Å². The number of nitrogens with zero attached hydrogens (tertiary/aromatic N) is 1. The van der Waals surface area contributed by atoms with Crippen molar-refractivity contribution >= 4 is 11.9 Å². The molecule has 6 heteroatoms. The minimum atomic E-state index is -0.427. The number of fused-ring (bicyclic) bond motifs is 1. The number of rotatable bonds is 5. The van der Waals surface area contributed by atoms with Gasteiger partial charge in [-0.2, -0.15) is 0 Å². The first-order valence-electron chi connectivity index (χ1n) is 9.17. The van der Waals surface area contributed by atoms with E-state index in [1.165, 1.54) is 7.11 Å². The molecule has 1 atom stereocenters. The lowest BCUT2D eigenvalue weighted by Crippen LogP contribution is -2.41. The minimum Gasteiger partial charge on any atom is -0.493 e. The molecule has 1 heterocycles. The maximum atomic E-state index is 13.2. The summed E-state index contributed by atoms with van der Waals surface area (Å²) < 4.78 is 15.7. The van der Waals surface area contributed by atoms with Crippen molar-refractivity contribution in [1.29, 1.82) is 0 Å². The number of esters is 1. The standard InChI is InChI=1S/C22H25NO5/c1-14-6-5-7-16(10-14)22(25)23-9-8-15-11-19(26-2)20(27-3)12-17(15)18(23)13-21(24)28-4/h5-7,10-12,18H,8-9,13H2,1-4H3/t18-/m0/s1. The number of benzene rings is 2. The lowest BCUT2D eigenvalue weighted by molar-refractivity contribution is -0.141. The predicted octanol–water partition coefficient (Wildman–Crippen LogP) is 3.31. The zero-order chi connectivity index (χ0) is 20.3. The van der Waals surface area contributed by atoms with Crippen molar-refractivity contribution in [2.24, 2.45) is 0 Å². The molecule has 1 aliphatic heterocycles. The van der Waals surface area contributed by atoms with Crippen LogP contribution in [-0.4, -0.2) is 44.7 Å². The number of amides is 1. The molecule has 0 N–H and O–H groups in total. The van der Waals surface area contributed by atoms with Crippen molar-refractivity contribution in [2.45, 2.75) is 25.8 Å². The number of hydrogen-bond acceptors (Lipinski definition) is 5.